The summed E-state index contributed by atoms with van der Waals surface area (Å²) in [7, 11) is -1.84. The molecule has 0 aromatic carbocycles. The summed E-state index contributed by atoms with van der Waals surface area (Å²) >= 11 is 0. The molecule has 1 aliphatic heterocycles. The van der Waals surface area contributed by atoms with E-state index in [2.05, 4.69) is 38.8 Å². The van der Waals surface area contributed by atoms with Crippen molar-refractivity contribution in [1.29, 1.82) is 0 Å². The SMILES string of the molecule is CC(C)(C)[Si](C)(C)OC[C@H]1CC[C@H](n2cc(F)c(N)nc2=O)O1. The van der Waals surface area contributed by atoms with Crippen LogP contribution in [0.15, 0.2) is 11.0 Å². The van der Waals surface area contributed by atoms with E-state index in [0.29, 0.717) is 13.0 Å². The molecule has 6 nitrogen and oxygen atoms in total. The number of nitrogen functional groups attached to an aromatic ring is 1. The monoisotopic (exact) mass is 343 g/mol. The molecular formula is C15H26FN3O3Si. The molecular weight excluding hydrogens is 317 g/mol. The van der Waals surface area contributed by atoms with Gasteiger partial charge in [0.25, 0.3) is 0 Å². The highest BCUT2D eigenvalue weighted by molar-refractivity contribution is 6.74. The average Bonchev–Trinajstić information content (AvgIpc) is 2.88. The second-order valence-corrected chi connectivity index (χ2v) is 12.3. The molecule has 0 aliphatic carbocycles. The summed E-state index contributed by atoms with van der Waals surface area (Å²) in [6, 6.07) is 0. The molecule has 2 N–H and O–H groups in total. The van der Waals surface area contributed by atoms with Crippen LogP contribution < -0.4 is 11.4 Å². The smallest absolute Gasteiger partial charge is 0.351 e. The number of hydrogen-bond acceptors (Lipinski definition) is 5. The van der Waals surface area contributed by atoms with Crippen molar-refractivity contribution in [3.63, 3.8) is 0 Å². The van der Waals surface area contributed by atoms with Crippen molar-refractivity contribution < 1.29 is 13.6 Å². The third kappa shape index (κ3) is 3.99. The minimum atomic E-state index is -1.84. The Hall–Kier alpha value is -1.25. The lowest BCUT2D eigenvalue weighted by molar-refractivity contribution is -0.0225. The maximum absolute atomic E-state index is 13.5. The van der Waals surface area contributed by atoms with E-state index in [1.807, 2.05) is 0 Å². The van der Waals surface area contributed by atoms with Crippen LogP contribution >= 0.6 is 0 Å². The first-order valence-corrected chi connectivity index (χ1v) is 10.8. The molecule has 0 amide bonds. The number of aromatic nitrogens is 2. The molecule has 1 saturated heterocycles. The van der Waals surface area contributed by atoms with Crippen LogP contribution in [-0.4, -0.2) is 30.6 Å². The van der Waals surface area contributed by atoms with Crippen LogP contribution in [0.5, 0.6) is 0 Å². The first-order valence-electron chi connectivity index (χ1n) is 7.85. The first-order chi connectivity index (χ1) is 10.5. The Morgan fingerprint density at radius 1 is 1.48 bits per heavy atom. The van der Waals surface area contributed by atoms with Gasteiger partial charge < -0.3 is 14.9 Å². The van der Waals surface area contributed by atoms with Gasteiger partial charge in [-0.1, -0.05) is 20.8 Å². The maximum atomic E-state index is 13.5. The van der Waals surface area contributed by atoms with Crippen LogP contribution in [-0.2, 0) is 9.16 Å². The van der Waals surface area contributed by atoms with Gasteiger partial charge in [-0.05, 0) is 31.0 Å². The molecule has 0 radical (unpaired) electrons. The molecule has 2 atom stereocenters. The Kier molecular flexibility index (Phi) is 4.98. The van der Waals surface area contributed by atoms with Crippen LogP contribution in [0.4, 0.5) is 10.2 Å². The van der Waals surface area contributed by atoms with Crippen molar-refractivity contribution in [2.75, 3.05) is 12.3 Å². The molecule has 2 heterocycles. The summed E-state index contributed by atoms with van der Waals surface area (Å²) in [5.74, 6) is -1.10. The summed E-state index contributed by atoms with van der Waals surface area (Å²) in [4.78, 5) is 15.3. The molecule has 0 unspecified atom stereocenters. The van der Waals surface area contributed by atoms with Crippen LogP contribution in [0.1, 0.15) is 39.8 Å². The molecule has 1 aromatic rings. The van der Waals surface area contributed by atoms with E-state index in [-0.39, 0.29) is 17.0 Å². The Bertz CT molecular complexity index is 627. The third-order valence-electron chi connectivity index (χ3n) is 4.77. The number of halogens is 1. The van der Waals surface area contributed by atoms with E-state index in [0.717, 1.165) is 17.2 Å². The van der Waals surface area contributed by atoms with Gasteiger partial charge in [-0.3, -0.25) is 4.57 Å². The summed E-state index contributed by atoms with van der Waals surface area (Å²) in [5, 5.41) is 0.131. The molecule has 130 valence electrons. The maximum Gasteiger partial charge on any atom is 0.351 e. The second-order valence-electron chi connectivity index (χ2n) is 7.53. The highest BCUT2D eigenvalue weighted by Gasteiger charge is 2.38. The van der Waals surface area contributed by atoms with Crippen LogP contribution in [0, 0.1) is 5.82 Å². The zero-order chi connectivity index (χ0) is 17.4. The molecule has 1 aliphatic rings. The van der Waals surface area contributed by atoms with Crippen molar-refractivity contribution in [3.8, 4) is 0 Å². The summed E-state index contributed by atoms with van der Waals surface area (Å²) < 4.78 is 26.7. The first kappa shape index (κ1) is 18.1. The van der Waals surface area contributed by atoms with Gasteiger partial charge in [-0.25, -0.2) is 9.18 Å². The summed E-state index contributed by atoms with van der Waals surface area (Å²) in [6.07, 6.45) is 1.83. The second kappa shape index (κ2) is 6.33. The van der Waals surface area contributed by atoms with Gasteiger partial charge in [0.15, 0.2) is 20.0 Å². The molecule has 0 saturated carbocycles. The minimum Gasteiger partial charge on any atom is -0.414 e. The number of rotatable bonds is 4. The molecule has 2 rings (SSSR count). The molecule has 0 bridgehead atoms. The predicted octanol–water partition coefficient (Wildman–Crippen LogP) is 2.66. The minimum absolute atomic E-state index is 0.0957. The van der Waals surface area contributed by atoms with E-state index in [1.165, 1.54) is 0 Å². The van der Waals surface area contributed by atoms with Gasteiger partial charge in [0, 0.05) is 0 Å². The Balaban J connectivity index is 2.00. The third-order valence-corrected chi connectivity index (χ3v) is 9.27. The lowest BCUT2D eigenvalue weighted by atomic mass is 10.2. The van der Waals surface area contributed by atoms with Gasteiger partial charge in [-0.15, -0.1) is 0 Å². The Morgan fingerprint density at radius 3 is 2.74 bits per heavy atom. The number of nitrogens with two attached hydrogens (primary N) is 1. The molecule has 0 spiro atoms. The van der Waals surface area contributed by atoms with Gasteiger partial charge >= 0.3 is 5.69 Å². The van der Waals surface area contributed by atoms with E-state index < -0.39 is 26.1 Å². The average molecular weight is 343 g/mol. The standard InChI is InChI=1S/C15H26FN3O3Si/c1-15(2,3)23(4,5)21-9-10-6-7-12(22-10)19-8-11(16)13(17)18-14(19)20/h8,10,12H,6-7,9H2,1-5H3,(H2,17,18,20)/t10-,12-/m1/s1. The summed E-state index contributed by atoms with van der Waals surface area (Å²) in [6.45, 7) is 11.4. The van der Waals surface area contributed by atoms with E-state index in [9.17, 15) is 9.18 Å². The number of anilines is 1. The quantitative estimate of drug-likeness (QED) is 0.850. The number of hydrogen-bond donors (Lipinski definition) is 1. The van der Waals surface area contributed by atoms with Gasteiger partial charge in [0.1, 0.15) is 6.23 Å². The Morgan fingerprint density at radius 2 is 2.13 bits per heavy atom. The molecule has 1 aromatic heterocycles. The molecule has 23 heavy (non-hydrogen) atoms. The fraction of sp³-hybridized carbons (Fsp3) is 0.733. The largest absolute Gasteiger partial charge is 0.414 e. The van der Waals surface area contributed by atoms with Crippen LogP contribution in [0.25, 0.3) is 0 Å². The lowest BCUT2D eigenvalue weighted by Crippen LogP contribution is -2.42. The zero-order valence-corrected chi connectivity index (χ0v) is 15.4. The van der Waals surface area contributed by atoms with Gasteiger partial charge in [0.2, 0.25) is 0 Å². The molecule has 1 fully saturated rings. The van der Waals surface area contributed by atoms with Gasteiger partial charge in [-0.2, -0.15) is 4.98 Å². The Labute approximate surface area is 136 Å². The lowest BCUT2D eigenvalue weighted by Gasteiger charge is -2.36. The number of nitrogens with zero attached hydrogens (tertiary/aromatic N) is 2. The van der Waals surface area contributed by atoms with Crippen LogP contribution in [0.2, 0.25) is 18.1 Å². The predicted molar refractivity (Wildman–Crippen MR) is 89.2 cm³/mol. The van der Waals surface area contributed by atoms with E-state index in [4.69, 9.17) is 14.9 Å². The van der Waals surface area contributed by atoms with E-state index >= 15 is 0 Å². The van der Waals surface area contributed by atoms with Crippen molar-refractivity contribution in [2.24, 2.45) is 0 Å². The fourth-order valence-corrected chi connectivity index (χ4v) is 3.23. The molecule has 8 heteroatoms. The van der Waals surface area contributed by atoms with Crippen LogP contribution in [0.3, 0.4) is 0 Å². The topological polar surface area (TPSA) is 79.4 Å². The van der Waals surface area contributed by atoms with E-state index in [1.54, 1.807) is 0 Å². The fourth-order valence-electron chi connectivity index (χ4n) is 2.20. The highest BCUT2D eigenvalue weighted by atomic mass is 28.4. The number of ether oxygens (including phenoxy) is 1. The summed E-state index contributed by atoms with van der Waals surface area (Å²) in [5.41, 5.74) is 4.70. The van der Waals surface area contributed by atoms with Crippen molar-refractivity contribution in [1.82, 2.24) is 9.55 Å². The van der Waals surface area contributed by atoms with Crippen molar-refractivity contribution >= 4 is 14.1 Å². The highest BCUT2D eigenvalue weighted by Crippen LogP contribution is 2.37. The van der Waals surface area contributed by atoms with Crippen molar-refractivity contribution in [3.05, 3.63) is 22.5 Å². The van der Waals surface area contributed by atoms with Crippen molar-refractivity contribution in [2.45, 2.75) is 64.1 Å². The zero-order valence-electron chi connectivity index (χ0n) is 14.4. The normalized spacial score (nSPS) is 22.5. The van der Waals surface area contributed by atoms with Gasteiger partial charge in [0.05, 0.1) is 18.9 Å².